The Morgan fingerprint density at radius 3 is 1.57 bits per heavy atom. The predicted octanol–water partition coefficient (Wildman–Crippen LogP) is 10.1. The van der Waals surface area contributed by atoms with Crippen LogP contribution in [0.25, 0.3) is 0 Å². The molecule has 10 rings (SSSR count). The molecule has 79 heavy (non-hydrogen) atoms. The molecule has 23 heteroatoms. The quantitative estimate of drug-likeness (QED) is 0.0276. The number of primary amides is 1. The number of nitrogen functional groups attached to an aromatic ring is 1. The topological polar surface area (TPSA) is 303 Å². The minimum atomic E-state index is -0.769. The van der Waals surface area contributed by atoms with Crippen molar-refractivity contribution >= 4 is 56.2 Å². The van der Waals surface area contributed by atoms with Crippen LogP contribution in [0.5, 0.6) is 23.0 Å². The third kappa shape index (κ3) is 22.0. The second kappa shape index (κ2) is 32.9. The number of amides is 1. The lowest BCUT2D eigenvalue weighted by atomic mass is 9.91. The fourth-order valence-electron chi connectivity index (χ4n) is 8.66. The van der Waals surface area contributed by atoms with Gasteiger partial charge in [-0.15, -0.1) is 0 Å². The first-order valence-electron chi connectivity index (χ1n) is 26.6. The van der Waals surface area contributed by atoms with Crippen LogP contribution >= 0.6 is 15.9 Å². The molecule has 0 bridgehead atoms. The number of hydrogen-bond donors (Lipinski definition) is 6. The van der Waals surface area contributed by atoms with E-state index in [2.05, 4.69) is 31.5 Å². The number of anilines is 4. The van der Waals surface area contributed by atoms with Crippen molar-refractivity contribution in [3.8, 4) is 23.0 Å². The van der Waals surface area contributed by atoms with Gasteiger partial charge in [0.15, 0.2) is 11.6 Å². The van der Waals surface area contributed by atoms with E-state index < -0.39 is 21.6 Å². The number of rotatable bonds is 13. The number of nitro groups is 2. The van der Waals surface area contributed by atoms with Crippen LogP contribution in [0.4, 0.5) is 38.8 Å². The highest BCUT2D eigenvalue weighted by atomic mass is 79.9. The Kier molecular flexibility index (Phi) is 25.5. The second-order valence-electron chi connectivity index (χ2n) is 19.1. The number of ether oxygens (including phenoxy) is 7. The molecule has 1 aliphatic carbocycles. The summed E-state index contributed by atoms with van der Waals surface area (Å²) < 4.78 is 53.1. The molecular weight excluding hydrogens is 1090 g/mol. The Hall–Kier alpha value is -6.89. The molecule has 5 aromatic rings. The fraction of sp³-hybridized carbons (Fsp3) is 0.464. The smallest absolute Gasteiger partial charge is 0.273 e. The SMILES string of the molecule is BrC1CCOCC1.NC(=O)c1cc(F)c(N[C@@H]2CCCC[C@@H]2N)nc1Nc1cccc(OC2CCOCC2)c1.Nc1cccc(OC2CCOCC2)c1.O=[N+]([O-])c1cccc(O)c1.O=[N+]([O-])c1cccc(OC2CCOCC2)c1. The first-order valence-corrected chi connectivity index (χ1v) is 27.5. The Morgan fingerprint density at radius 1 is 0.633 bits per heavy atom. The van der Waals surface area contributed by atoms with Gasteiger partial charge in [0.1, 0.15) is 47.1 Å². The Morgan fingerprint density at radius 2 is 1.10 bits per heavy atom. The molecule has 2 atom stereocenters. The molecule has 21 nitrogen and oxygen atoms in total. The Labute approximate surface area is 467 Å². The van der Waals surface area contributed by atoms with E-state index in [0.717, 1.165) is 119 Å². The summed E-state index contributed by atoms with van der Waals surface area (Å²) in [7, 11) is 0. The van der Waals surface area contributed by atoms with Gasteiger partial charge in [0.2, 0.25) is 0 Å². The van der Waals surface area contributed by atoms with Gasteiger partial charge < -0.3 is 66.1 Å². The zero-order valence-electron chi connectivity index (χ0n) is 44.1. The molecule has 1 aromatic heterocycles. The summed E-state index contributed by atoms with van der Waals surface area (Å²) in [5.74, 6) is 0.833. The van der Waals surface area contributed by atoms with E-state index in [4.69, 9.17) is 55.5 Å². The lowest BCUT2D eigenvalue weighted by molar-refractivity contribution is -0.385. The number of aromatic nitrogens is 1. The highest BCUT2D eigenvalue weighted by molar-refractivity contribution is 9.09. The van der Waals surface area contributed by atoms with Gasteiger partial charge in [-0.25, -0.2) is 9.37 Å². The van der Waals surface area contributed by atoms with Crippen molar-refractivity contribution in [1.29, 1.82) is 0 Å². The molecule has 1 saturated carbocycles. The summed E-state index contributed by atoms with van der Waals surface area (Å²) in [6, 6.07) is 27.4. The van der Waals surface area contributed by atoms with E-state index in [1.54, 1.807) is 12.1 Å². The lowest BCUT2D eigenvalue weighted by Gasteiger charge is -2.30. The maximum atomic E-state index is 14.7. The lowest BCUT2D eigenvalue weighted by Crippen LogP contribution is -2.43. The number of benzene rings is 4. The summed E-state index contributed by atoms with van der Waals surface area (Å²) in [5, 5.41) is 35.6. The average Bonchev–Trinajstić information content (AvgIpc) is 3.45. The molecule has 0 spiro atoms. The summed E-state index contributed by atoms with van der Waals surface area (Å²) in [6.07, 6.45) is 11.9. The van der Waals surface area contributed by atoms with Crippen molar-refractivity contribution in [2.24, 2.45) is 11.5 Å². The molecular formula is C56H72BrFN8O13. The number of nitrogens with two attached hydrogens (primary N) is 3. The molecule has 0 radical (unpaired) electrons. The number of nitrogens with one attached hydrogen (secondary N) is 2. The predicted molar refractivity (Wildman–Crippen MR) is 301 cm³/mol. The third-order valence-corrected chi connectivity index (χ3v) is 13.9. The van der Waals surface area contributed by atoms with Crippen LogP contribution in [-0.2, 0) is 18.9 Å². The summed E-state index contributed by atoms with van der Waals surface area (Å²) in [4.78, 5) is 36.7. The number of non-ortho nitro benzene ring substituents is 2. The molecule has 5 fully saturated rings. The van der Waals surface area contributed by atoms with Crippen molar-refractivity contribution in [3.05, 3.63) is 135 Å². The van der Waals surface area contributed by atoms with Crippen LogP contribution in [0.2, 0.25) is 0 Å². The number of pyridine rings is 1. The number of carbonyl (C=O) groups excluding carboxylic acids is 1. The van der Waals surface area contributed by atoms with Crippen LogP contribution in [-0.4, -0.2) is 114 Å². The largest absolute Gasteiger partial charge is 0.508 e. The molecule has 5 aliphatic rings. The Bertz CT molecular complexity index is 2670. The van der Waals surface area contributed by atoms with Gasteiger partial charge >= 0.3 is 0 Å². The first kappa shape index (κ1) is 61.3. The number of nitro benzene ring substituents is 2. The summed E-state index contributed by atoms with van der Waals surface area (Å²) >= 11 is 3.51. The molecule has 0 unspecified atom stereocenters. The van der Waals surface area contributed by atoms with E-state index in [-0.39, 0.29) is 64.7 Å². The zero-order chi connectivity index (χ0) is 56.4. The van der Waals surface area contributed by atoms with E-state index in [0.29, 0.717) is 43.6 Å². The average molecular weight is 1160 g/mol. The van der Waals surface area contributed by atoms with Gasteiger partial charge in [-0.3, -0.25) is 25.0 Å². The van der Waals surface area contributed by atoms with Crippen LogP contribution < -0.4 is 42.0 Å². The van der Waals surface area contributed by atoms with Crippen molar-refractivity contribution in [2.75, 3.05) is 69.2 Å². The minimum absolute atomic E-state index is 0.0308. The van der Waals surface area contributed by atoms with E-state index >= 15 is 0 Å². The van der Waals surface area contributed by atoms with E-state index in [1.807, 2.05) is 48.5 Å². The normalized spacial score (nSPS) is 18.8. The van der Waals surface area contributed by atoms with Crippen LogP contribution in [0, 0.1) is 26.0 Å². The zero-order valence-corrected chi connectivity index (χ0v) is 45.7. The van der Waals surface area contributed by atoms with Crippen molar-refractivity contribution < 1.29 is 57.3 Å². The standard InChI is InChI=1S/C23H30FN5O3.C11H13NO4.C11H15NO2.C6H5NO3.C5H9BrO/c24-18-13-17(21(26)30)22(29-23(18)28-20-7-2-1-6-19(20)25)27-14-4-3-5-16(12-14)32-15-8-10-31-11-9-15;13-12(14)9-2-1-3-11(8-9)16-10-4-6-15-7-5-10;12-9-2-1-3-11(8-9)14-10-4-6-13-7-5-10;8-6-3-1-2-5(4-6)7(9)10;6-5-1-3-7-4-2-5/h3-5,12-13,15,19-20H,1-2,6-11,25H2,(H2,26,30)(H2,27,28,29);1-3,8,10H,4-7H2;1-3,8,10H,4-7,12H2;1-4,8H;5H,1-4H2/t19-,20+;;;;/m0..../s1. The second-order valence-corrected chi connectivity index (χ2v) is 20.4. The summed E-state index contributed by atoms with van der Waals surface area (Å²) in [5.41, 5.74) is 18.7. The Balaban J connectivity index is 0.000000178. The van der Waals surface area contributed by atoms with E-state index in [1.165, 1.54) is 43.2 Å². The fourth-order valence-corrected chi connectivity index (χ4v) is 9.04. The molecule has 428 valence electrons. The number of halogens is 2. The molecule has 5 heterocycles. The first-order chi connectivity index (χ1) is 38.2. The number of phenolic OH excluding ortho intramolecular Hbond substituents is 1. The molecule has 1 amide bonds. The van der Waals surface area contributed by atoms with Gasteiger partial charge in [-0.05, 0) is 68.1 Å². The molecule has 4 saturated heterocycles. The van der Waals surface area contributed by atoms with Crippen LogP contribution in [0.3, 0.4) is 0 Å². The third-order valence-electron chi connectivity index (χ3n) is 13.0. The maximum absolute atomic E-state index is 14.7. The monoisotopic (exact) mass is 1160 g/mol. The van der Waals surface area contributed by atoms with Crippen molar-refractivity contribution in [2.45, 2.75) is 112 Å². The van der Waals surface area contributed by atoms with Crippen molar-refractivity contribution in [1.82, 2.24) is 4.98 Å². The number of carbonyl (C=O) groups is 1. The van der Waals surface area contributed by atoms with Crippen molar-refractivity contribution in [3.63, 3.8) is 0 Å². The number of phenols is 1. The van der Waals surface area contributed by atoms with Crippen LogP contribution in [0.15, 0.2) is 103 Å². The highest BCUT2D eigenvalue weighted by Crippen LogP contribution is 2.30. The van der Waals surface area contributed by atoms with Gasteiger partial charge in [0.05, 0.1) is 67.2 Å². The maximum Gasteiger partial charge on any atom is 0.273 e. The molecule has 4 aliphatic heterocycles. The number of aromatic hydroxyl groups is 1. The number of nitrogens with zero attached hydrogens (tertiary/aromatic N) is 3. The van der Waals surface area contributed by atoms with Gasteiger partial charge in [-0.1, -0.05) is 53.0 Å². The molecule has 4 aromatic carbocycles. The minimum Gasteiger partial charge on any atom is -0.508 e. The van der Waals surface area contributed by atoms with Crippen LogP contribution in [0.1, 0.15) is 87.4 Å². The number of alkyl halides is 1. The van der Waals surface area contributed by atoms with Gasteiger partial charge in [0, 0.05) is 104 Å². The molecule has 9 N–H and O–H groups in total. The van der Waals surface area contributed by atoms with E-state index in [9.17, 15) is 29.4 Å². The van der Waals surface area contributed by atoms with Gasteiger partial charge in [0.25, 0.3) is 17.3 Å². The summed E-state index contributed by atoms with van der Waals surface area (Å²) in [6.45, 7) is 6.24. The highest BCUT2D eigenvalue weighted by Gasteiger charge is 2.25. The number of hydrogen-bond acceptors (Lipinski definition) is 18. The van der Waals surface area contributed by atoms with Gasteiger partial charge in [-0.2, -0.15) is 0 Å².